The van der Waals surface area contributed by atoms with Crippen LogP contribution in [0.5, 0.6) is 0 Å². The van der Waals surface area contributed by atoms with Gasteiger partial charge < -0.3 is 15.0 Å². The molecule has 0 amide bonds. The van der Waals surface area contributed by atoms with E-state index in [4.69, 9.17) is 4.74 Å². The molecule has 0 radical (unpaired) electrons. The van der Waals surface area contributed by atoms with E-state index in [1.54, 1.807) is 0 Å². The fourth-order valence-electron chi connectivity index (χ4n) is 1.62. The van der Waals surface area contributed by atoms with Gasteiger partial charge in [0.1, 0.15) is 0 Å². The minimum absolute atomic E-state index is 0.811. The van der Waals surface area contributed by atoms with E-state index in [0.717, 1.165) is 51.6 Å². The molecule has 0 rings (SSSR count). The summed E-state index contributed by atoms with van der Waals surface area (Å²) in [5.74, 6) is 1.03. The zero-order valence-electron chi connectivity index (χ0n) is 12.7. The van der Waals surface area contributed by atoms with Crippen LogP contribution in [0.2, 0.25) is 0 Å². The molecular formula is C14H31N3O. The van der Waals surface area contributed by atoms with Gasteiger partial charge in [0.25, 0.3) is 0 Å². The molecule has 0 bridgehead atoms. The molecule has 4 heteroatoms. The third-order valence-electron chi connectivity index (χ3n) is 2.71. The van der Waals surface area contributed by atoms with E-state index in [2.05, 4.69) is 36.1 Å². The minimum atomic E-state index is 0.811. The number of unbranched alkanes of at least 4 members (excludes halogenated alkanes) is 2. The summed E-state index contributed by atoms with van der Waals surface area (Å²) in [5, 5.41) is 3.34. The number of nitrogens with zero attached hydrogens (tertiary/aromatic N) is 2. The molecule has 0 saturated carbocycles. The Bertz CT molecular complexity index is 207. The predicted molar refractivity (Wildman–Crippen MR) is 79.2 cm³/mol. The van der Waals surface area contributed by atoms with Crippen LogP contribution >= 0.6 is 0 Å². The van der Waals surface area contributed by atoms with Crippen LogP contribution in [0.25, 0.3) is 0 Å². The highest BCUT2D eigenvalue weighted by atomic mass is 16.5. The molecule has 0 atom stereocenters. The van der Waals surface area contributed by atoms with Gasteiger partial charge in [0, 0.05) is 39.9 Å². The van der Waals surface area contributed by atoms with Crippen LogP contribution in [0, 0.1) is 0 Å². The summed E-state index contributed by atoms with van der Waals surface area (Å²) >= 11 is 0. The van der Waals surface area contributed by atoms with Gasteiger partial charge in [-0.05, 0) is 33.1 Å². The van der Waals surface area contributed by atoms with E-state index in [-0.39, 0.29) is 0 Å². The summed E-state index contributed by atoms with van der Waals surface area (Å²) in [5.41, 5.74) is 0. The van der Waals surface area contributed by atoms with Crippen molar-refractivity contribution in [2.45, 2.75) is 46.5 Å². The number of hydrogen-bond acceptors (Lipinski definition) is 2. The van der Waals surface area contributed by atoms with Gasteiger partial charge in [-0.1, -0.05) is 13.3 Å². The van der Waals surface area contributed by atoms with Gasteiger partial charge in [0.15, 0.2) is 5.96 Å². The van der Waals surface area contributed by atoms with E-state index in [1.807, 2.05) is 6.92 Å². The molecule has 0 aromatic rings. The monoisotopic (exact) mass is 257 g/mol. The van der Waals surface area contributed by atoms with Crippen molar-refractivity contribution in [1.29, 1.82) is 0 Å². The van der Waals surface area contributed by atoms with Crippen LogP contribution in [0.15, 0.2) is 4.99 Å². The van der Waals surface area contributed by atoms with Crippen LogP contribution in [-0.4, -0.2) is 50.8 Å². The first-order chi connectivity index (χ1) is 8.76. The number of aliphatic imine (C=N–C) groups is 1. The summed E-state index contributed by atoms with van der Waals surface area (Å²) in [6.45, 7) is 10.9. The van der Waals surface area contributed by atoms with E-state index < -0.39 is 0 Å². The number of rotatable bonds is 10. The lowest BCUT2D eigenvalue weighted by atomic mass is 10.3. The Balaban J connectivity index is 3.90. The van der Waals surface area contributed by atoms with E-state index >= 15 is 0 Å². The lowest BCUT2D eigenvalue weighted by Crippen LogP contribution is -2.39. The predicted octanol–water partition coefficient (Wildman–Crippen LogP) is 2.50. The maximum atomic E-state index is 5.31. The summed E-state index contributed by atoms with van der Waals surface area (Å²) in [6, 6.07) is 0. The Morgan fingerprint density at radius 3 is 2.56 bits per heavy atom. The molecule has 0 aliphatic carbocycles. The fourth-order valence-corrected chi connectivity index (χ4v) is 1.62. The van der Waals surface area contributed by atoms with Gasteiger partial charge in [0.05, 0.1) is 0 Å². The molecule has 0 fully saturated rings. The largest absolute Gasteiger partial charge is 0.382 e. The van der Waals surface area contributed by atoms with Crippen molar-refractivity contribution in [2.24, 2.45) is 4.99 Å². The number of guanidine groups is 1. The normalized spacial score (nSPS) is 11.7. The Morgan fingerprint density at radius 1 is 1.17 bits per heavy atom. The number of hydrogen-bond donors (Lipinski definition) is 1. The number of ether oxygens (including phenoxy) is 1. The summed E-state index contributed by atoms with van der Waals surface area (Å²) in [6.07, 6.45) is 4.62. The van der Waals surface area contributed by atoms with Crippen molar-refractivity contribution in [3.8, 4) is 0 Å². The lowest BCUT2D eigenvalue weighted by Gasteiger charge is -2.21. The molecular weight excluding hydrogens is 226 g/mol. The lowest BCUT2D eigenvalue weighted by molar-refractivity contribution is 0.144. The molecule has 0 unspecified atom stereocenters. The summed E-state index contributed by atoms with van der Waals surface area (Å²) in [4.78, 5) is 6.86. The molecule has 4 nitrogen and oxygen atoms in total. The maximum absolute atomic E-state index is 5.31. The molecule has 0 aliphatic heterocycles. The van der Waals surface area contributed by atoms with Crippen molar-refractivity contribution in [3.05, 3.63) is 0 Å². The van der Waals surface area contributed by atoms with Gasteiger partial charge in [0.2, 0.25) is 0 Å². The van der Waals surface area contributed by atoms with Gasteiger partial charge in [-0.15, -0.1) is 0 Å². The van der Waals surface area contributed by atoms with Crippen LogP contribution in [0.3, 0.4) is 0 Å². The van der Waals surface area contributed by atoms with Gasteiger partial charge in [-0.3, -0.25) is 4.99 Å². The first-order valence-corrected chi connectivity index (χ1v) is 7.33. The van der Waals surface area contributed by atoms with Crippen LogP contribution < -0.4 is 5.32 Å². The highest BCUT2D eigenvalue weighted by Gasteiger charge is 2.03. The van der Waals surface area contributed by atoms with Crippen LogP contribution in [-0.2, 0) is 4.74 Å². The minimum Gasteiger partial charge on any atom is -0.382 e. The second kappa shape index (κ2) is 12.7. The van der Waals surface area contributed by atoms with E-state index in [1.165, 1.54) is 12.8 Å². The average molecular weight is 257 g/mol. The van der Waals surface area contributed by atoms with Crippen molar-refractivity contribution in [2.75, 3.05) is 39.9 Å². The standard InChI is InChI=1S/C14H31N3O/c1-5-8-12-17(4)14(15-6-2)16-11-9-10-13-18-7-3/h5-13H2,1-4H3,(H,15,16). The average Bonchev–Trinajstić information content (AvgIpc) is 2.38. The molecule has 0 aromatic heterocycles. The molecule has 0 aromatic carbocycles. The number of nitrogens with one attached hydrogen (secondary N) is 1. The van der Waals surface area contributed by atoms with Crippen molar-refractivity contribution < 1.29 is 4.74 Å². The van der Waals surface area contributed by atoms with Gasteiger partial charge in [-0.2, -0.15) is 0 Å². The highest BCUT2D eigenvalue weighted by molar-refractivity contribution is 5.79. The SMILES string of the molecule is CCCCN(C)C(=NCCCCOCC)NCC. The first kappa shape index (κ1) is 17.2. The molecule has 1 N–H and O–H groups in total. The van der Waals surface area contributed by atoms with Crippen molar-refractivity contribution in [1.82, 2.24) is 10.2 Å². The first-order valence-electron chi connectivity index (χ1n) is 7.33. The Labute approximate surface area is 113 Å². The molecule has 108 valence electrons. The smallest absolute Gasteiger partial charge is 0.193 e. The van der Waals surface area contributed by atoms with Gasteiger partial charge >= 0.3 is 0 Å². The molecule has 0 spiro atoms. The quantitative estimate of drug-likeness (QED) is 0.371. The second-order valence-electron chi connectivity index (χ2n) is 4.41. The Hall–Kier alpha value is -0.770. The maximum Gasteiger partial charge on any atom is 0.193 e. The second-order valence-corrected chi connectivity index (χ2v) is 4.41. The zero-order valence-corrected chi connectivity index (χ0v) is 12.7. The topological polar surface area (TPSA) is 36.9 Å². The van der Waals surface area contributed by atoms with Gasteiger partial charge in [-0.25, -0.2) is 0 Å². The molecule has 0 saturated heterocycles. The zero-order chi connectivity index (χ0) is 13.6. The van der Waals surface area contributed by atoms with Crippen LogP contribution in [0.1, 0.15) is 46.5 Å². The molecule has 0 aliphatic rings. The molecule has 18 heavy (non-hydrogen) atoms. The Morgan fingerprint density at radius 2 is 1.94 bits per heavy atom. The van der Waals surface area contributed by atoms with Crippen molar-refractivity contribution >= 4 is 5.96 Å². The third kappa shape index (κ3) is 9.28. The van der Waals surface area contributed by atoms with Crippen molar-refractivity contribution in [3.63, 3.8) is 0 Å². The highest BCUT2D eigenvalue weighted by Crippen LogP contribution is 1.96. The Kier molecular flexibility index (Phi) is 12.1. The van der Waals surface area contributed by atoms with E-state index in [0.29, 0.717) is 0 Å². The summed E-state index contributed by atoms with van der Waals surface area (Å²) in [7, 11) is 2.11. The van der Waals surface area contributed by atoms with Crippen LogP contribution in [0.4, 0.5) is 0 Å². The third-order valence-corrected chi connectivity index (χ3v) is 2.71. The molecule has 0 heterocycles. The van der Waals surface area contributed by atoms with E-state index in [9.17, 15) is 0 Å². The summed E-state index contributed by atoms with van der Waals surface area (Å²) < 4.78 is 5.31. The fraction of sp³-hybridized carbons (Fsp3) is 0.929.